The minimum absolute atomic E-state index is 0.0869. The number of carbonyl (C=O) groups excluding carboxylic acids is 2. The van der Waals surface area contributed by atoms with Gasteiger partial charge in [0.25, 0.3) is 11.1 Å². The van der Waals surface area contributed by atoms with Crippen molar-refractivity contribution in [3.63, 3.8) is 0 Å². The molecule has 2 aliphatic carbocycles. The van der Waals surface area contributed by atoms with Crippen molar-refractivity contribution in [2.75, 3.05) is 52.0 Å². The number of carbonyl (C=O) groups is 2. The van der Waals surface area contributed by atoms with Crippen LogP contribution in [0.25, 0.3) is 22.3 Å². The molecule has 22 heteroatoms. The first-order valence-electron chi connectivity index (χ1n) is 44.9. The van der Waals surface area contributed by atoms with E-state index in [1.54, 1.807) is 12.1 Å². The topological polar surface area (TPSA) is 117 Å². The Labute approximate surface area is 608 Å². The molecule has 0 aliphatic heterocycles. The molecule has 1 unspecified atom stereocenters. The van der Waals surface area contributed by atoms with E-state index in [9.17, 15) is 52.2 Å². The molecule has 0 N–H and O–H groups in total. The number of amides is 2. The summed E-state index contributed by atoms with van der Waals surface area (Å²) >= 11 is 1.35. The molecule has 8 aromatic rings. The summed E-state index contributed by atoms with van der Waals surface area (Å²) in [6.07, 6.45) is -15.2. The molecule has 0 radical (unpaired) electrons. The molecule has 0 fully saturated rings. The predicted molar refractivity (Wildman–Crippen MR) is 362 cm³/mol. The second-order valence-corrected chi connectivity index (χ2v) is 22.7. The fourth-order valence-corrected chi connectivity index (χ4v) is 11.3. The number of halogens is 8. The average Bonchev–Trinajstić information content (AvgIpc) is 1.52. The molecule has 1 atom stereocenters. The molecule has 508 valence electrons. The van der Waals surface area contributed by atoms with E-state index in [2.05, 4.69) is 9.97 Å². The summed E-state index contributed by atoms with van der Waals surface area (Å²) in [5, 5.41) is -0.722. The SMILES string of the molecule is [2H]C([2H])(C)N(C([2H])([2H])C)C([2H])([2H])C([2H])([2H])N(Cc1ccc(-c2ccc(C(F)(F)F)cc2)cc1)C(=O)Cn1c(SCc2ccc(F)cc2)nc(=O)c2c1CCC2.[2H]c1c([2H])c(CSc2nc(=O)c3c(n2CC(=O)N(Cc2c([2H])c([2H])c(-c4c([2H])c([2H])c(C(F)(F)F)c([2H])c4[2H])c([2H])c2C)C([2H])([2H])C([2H])([2H])N(C([2H])([2H])C)C([2H])([2H])C)C([2H])([2H])C([2H])(C)C3([2H])[2H])c([2H])c([2H])c1F. The Hall–Kier alpha value is -7.92. The number of nitrogens with zero attached hydrogens (tertiary/aromatic N) is 8. The Bertz CT molecular complexity index is 5680. The lowest BCUT2D eigenvalue weighted by Gasteiger charge is -2.28. The molecule has 0 spiro atoms. The summed E-state index contributed by atoms with van der Waals surface area (Å²) in [5.74, 6) is -8.32. The molecule has 2 heterocycles. The first-order chi connectivity index (χ1) is 58.1. The van der Waals surface area contributed by atoms with Crippen LogP contribution in [0.15, 0.2) is 159 Å². The van der Waals surface area contributed by atoms with E-state index >= 15 is 4.79 Å². The summed E-state index contributed by atoms with van der Waals surface area (Å²) in [6, 6.07) is 2.52. The molecule has 10 rings (SSSR count). The van der Waals surface area contributed by atoms with Crippen molar-refractivity contribution in [2.24, 2.45) is 5.89 Å². The van der Waals surface area contributed by atoms with E-state index in [-0.39, 0.29) is 42.9 Å². The van der Waals surface area contributed by atoms with Gasteiger partial charge in [0.2, 0.25) is 11.8 Å². The van der Waals surface area contributed by atoms with Gasteiger partial charge in [-0.1, -0.05) is 149 Å². The van der Waals surface area contributed by atoms with Gasteiger partial charge in [-0.15, -0.1) is 0 Å². The number of fused-ring (bicyclic) bond motifs is 2. The van der Waals surface area contributed by atoms with E-state index in [1.165, 1.54) is 53.1 Å². The lowest BCUT2D eigenvalue weighted by molar-refractivity contribution is -0.138. The van der Waals surface area contributed by atoms with Gasteiger partial charge in [-0.05, 0) is 169 Å². The second kappa shape index (κ2) is 32.9. The number of aromatic nitrogens is 4. The van der Waals surface area contributed by atoms with Gasteiger partial charge in [0.1, 0.15) is 24.7 Å². The van der Waals surface area contributed by atoms with Crippen molar-refractivity contribution < 1.29 is 88.6 Å². The largest absolute Gasteiger partial charge is 0.416 e. The lowest BCUT2D eigenvalue weighted by atomic mass is 9.98. The smallest absolute Gasteiger partial charge is 0.336 e. The minimum Gasteiger partial charge on any atom is -0.336 e. The number of likely N-dealkylation sites (N-methyl/N-ethyl adjacent to an activating group) is 2. The molecular weight excluding hydrogens is 1280 g/mol. The lowest BCUT2D eigenvalue weighted by Crippen LogP contribution is -2.40. The summed E-state index contributed by atoms with van der Waals surface area (Å²) in [4.78, 5) is 64.8. The molecule has 0 saturated heterocycles. The highest BCUT2D eigenvalue weighted by Crippen LogP contribution is 2.35. The van der Waals surface area contributed by atoms with Crippen LogP contribution >= 0.6 is 23.5 Å². The maximum absolute atomic E-state index is 15.2. The minimum atomic E-state index is -5.42. The van der Waals surface area contributed by atoms with E-state index in [0.717, 1.165) is 51.6 Å². The zero-order valence-electron chi connectivity index (χ0n) is 83.8. The highest BCUT2D eigenvalue weighted by atomic mass is 32.2. The summed E-state index contributed by atoms with van der Waals surface area (Å²) in [6.45, 7) is -26.6. The molecule has 0 saturated carbocycles. The van der Waals surface area contributed by atoms with Gasteiger partial charge in [0, 0.05) is 96.4 Å². The Balaban J connectivity index is 0.000000300. The van der Waals surface area contributed by atoms with Crippen molar-refractivity contribution >= 4 is 35.3 Å². The molecule has 2 aromatic heterocycles. The maximum atomic E-state index is 15.2. The second-order valence-electron chi connectivity index (χ2n) is 20.8. The third-order valence-electron chi connectivity index (χ3n) is 14.3. The van der Waals surface area contributed by atoms with Crippen LogP contribution in [0, 0.1) is 24.5 Å². The third kappa shape index (κ3) is 19.0. The van der Waals surface area contributed by atoms with Crippen LogP contribution in [-0.4, -0.2) is 102 Å². The zero-order valence-corrected chi connectivity index (χ0v) is 53.5. The number of rotatable bonds is 26. The summed E-state index contributed by atoms with van der Waals surface area (Å²) in [5.41, 5.74) is -8.25. The Morgan fingerprint density at radius 1 is 0.573 bits per heavy atom. The van der Waals surface area contributed by atoms with Gasteiger partial charge in [-0.25, -0.2) is 8.78 Å². The normalized spacial score (nSPS) is 21.5. The molecule has 2 amide bonds. The molecule has 2 aliphatic rings. The first kappa shape index (κ1) is 40.7. The van der Waals surface area contributed by atoms with Crippen LogP contribution in [0.4, 0.5) is 35.1 Å². The van der Waals surface area contributed by atoms with Gasteiger partial charge in [0.15, 0.2) is 10.3 Å². The van der Waals surface area contributed by atoms with Crippen LogP contribution in [-0.2, 0) is 85.2 Å². The highest BCUT2D eigenvalue weighted by molar-refractivity contribution is 7.98. The molecule has 0 bridgehead atoms. The van der Waals surface area contributed by atoms with Gasteiger partial charge in [-0.2, -0.15) is 36.3 Å². The molecule has 6 aromatic carbocycles. The van der Waals surface area contributed by atoms with Gasteiger partial charge < -0.3 is 28.7 Å². The Morgan fingerprint density at radius 3 is 1.62 bits per heavy atom. The van der Waals surface area contributed by atoms with Gasteiger partial charge >= 0.3 is 12.4 Å². The average molecular weight is 1390 g/mol. The number of alkyl halides is 6. The van der Waals surface area contributed by atoms with E-state index in [4.69, 9.17) is 41.1 Å². The fraction of sp³-hybridized carbons (Fsp3) is 0.378. The molecule has 96 heavy (non-hydrogen) atoms. The maximum Gasteiger partial charge on any atom is 0.416 e. The van der Waals surface area contributed by atoms with Gasteiger partial charge in [0.05, 0.1) is 31.7 Å². The van der Waals surface area contributed by atoms with Crippen molar-refractivity contribution in [3.8, 4) is 22.3 Å². The van der Waals surface area contributed by atoms with Crippen LogP contribution in [0.1, 0.15) is 146 Å². The number of hydrogen-bond donors (Lipinski definition) is 0. The van der Waals surface area contributed by atoms with Crippen LogP contribution in [0.3, 0.4) is 0 Å². The number of benzene rings is 6. The van der Waals surface area contributed by atoms with Crippen molar-refractivity contribution in [3.05, 3.63) is 233 Å². The van der Waals surface area contributed by atoms with E-state index in [1.807, 2.05) is 0 Å². The van der Waals surface area contributed by atoms with Gasteiger partial charge in [-0.3, -0.25) is 19.2 Å². The van der Waals surface area contributed by atoms with Crippen molar-refractivity contribution in [1.82, 2.24) is 38.7 Å². The number of thioether (sulfide) groups is 2. The standard InChI is InChI=1S/C38H42F4N4O2S.C36H38F4N4O2S/c1-5-44(6-2)17-18-45(22-30-10-9-29(21-26(30)4)28-11-13-31(14-12-28)38(40,41)42)35(47)23-46-34-20-25(3)19-33(34)36(48)43-37(46)49-24-27-7-15-32(39)16-8-27;1-3-42(4-2)20-21-43(22-25-8-12-27(13-9-25)28-14-16-29(17-15-28)36(38,39)40)33(45)23-44-32-7-5-6-31(32)34(46)41-35(44)47-24-26-10-18-30(37)19-11-26/h7-16,21,25H,5-6,17-20,22-24H2,1-4H3;8-19H,3-7,20-24H2,1-2H3/i5D2,6D2,7D,8D,9D,10D,11D,12D,13D,14D,15D,16D,17D2,18D2,19D2,20D2,21D,25D;3D2,4D2,20D2,21D2. The first-order valence-corrected chi connectivity index (χ1v) is 30.9. The monoisotopic (exact) mass is 1390 g/mol. The number of hydrogen-bond acceptors (Lipinski definition) is 10. The molecule has 12 nitrogen and oxygen atoms in total. The Kier molecular flexibility index (Phi) is 13.9. The van der Waals surface area contributed by atoms with Crippen molar-refractivity contribution in [1.29, 1.82) is 0 Å². The van der Waals surface area contributed by atoms with Crippen LogP contribution in [0.2, 0.25) is 0 Å². The van der Waals surface area contributed by atoms with Crippen LogP contribution < -0.4 is 11.1 Å². The zero-order chi connectivity index (χ0) is 97.3. The van der Waals surface area contributed by atoms with Crippen molar-refractivity contribution in [2.45, 2.75) is 134 Å². The third-order valence-corrected chi connectivity index (χ3v) is 16.4. The Morgan fingerprint density at radius 2 is 1.07 bits per heavy atom. The summed E-state index contributed by atoms with van der Waals surface area (Å²) < 4.78 is 386. The van der Waals surface area contributed by atoms with Crippen LogP contribution in [0.5, 0.6) is 0 Å². The van der Waals surface area contributed by atoms with E-state index < -0.39 is 271 Å². The fourth-order valence-electron chi connectivity index (χ4n) is 9.42. The quantitative estimate of drug-likeness (QED) is 0.0295. The predicted octanol–water partition coefficient (Wildman–Crippen LogP) is 15.0. The summed E-state index contributed by atoms with van der Waals surface area (Å²) in [7, 11) is 0. The van der Waals surface area contributed by atoms with E-state index in [0.29, 0.717) is 70.5 Å². The highest BCUT2D eigenvalue weighted by Gasteiger charge is 2.33. The molecular formula is C74H80F8N8O4S2.